The summed E-state index contributed by atoms with van der Waals surface area (Å²) >= 11 is 0. The highest BCUT2D eigenvalue weighted by molar-refractivity contribution is 5.92. The van der Waals surface area contributed by atoms with E-state index < -0.39 is 5.97 Å². The number of carbonyl (C=O) groups excluding carboxylic acids is 1. The first-order chi connectivity index (χ1) is 7.22. The SMILES string of the molecule is COC(=O)c1nc2ccccc2cc1C. The lowest BCUT2D eigenvalue weighted by Gasteiger charge is -2.04. The average Bonchev–Trinajstić information content (AvgIpc) is 2.27. The second-order valence-electron chi connectivity index (χ2n) is 3.34. The van der Waals surface area contributed by atoms with Crippen LogP contribution in [0.5, 0.6) is 0 Å². The van der Waals surface area contributed by atoms with Crippen molar-refractivity contribution >= 4 is 16.9 Å². The third-order valence-corrected chi connectivity index (χ3v) is 2.29. The summed E-state index contributed by atoms with van der Waals surface area (Å²) in [5, 5.41) is 1.03. The van der Waals surface area contributed by atoms with Gasteiger partial charge in [0.15, 0.2) is 5.69 Å². The van der Waals surface area contributed by atoms with Crippen molar-refractivity contribution in [2.45, 2.75) is 6.92 Å². The van der Waals surface area contributed by atoms with Crippen LogP contribution in [0, 0.1) is 6.92 Å². The number of benzene rings is 1. The number of fused-ring (bicyclic) bond motifs is 1. The van der Waals surface area contributed by atoms with Crippen molar-refractivity contribution < 1.29 is 9.53 Å². The van der Waals surface area contributed by atoms with E-state index >= 15 is 0 Å². The number of nitrogens with zero attached hydrogens (tertiary/aromatic N) is 1. The first-order valence-electron chi connectivity index (χ1n) is 4.67. The van der Waals surface area contributed by atoms with Crippen LogP contribution in [0.2, 0.25) is 0 Å². The van der Waals surface area contributed by atoms with Crippen molar-refractivity contribution in [1.29, 1.82) is 0 Å². The van der Waals surface area contributed by atoms with Crippen LogP contribution in [0.1, 0.15) is 16.1 Å². The molecule has 1 heterocycles. The third-order valence-electron chi connectivity index (χ3n) is 2.29. The first kappa shape index (κ1) is 9.65. The van der Waals surface area contributed by atoms with E-state index in [0.29, 0.717) is 5.69 Å². The Morgan fingerprint density at radius 2 is 2.07 bits per heavy atom. The summed E-state index contributed by atoms with van der Waals surface area (Å²) in [5.74, 6) is -0.391. The molecule has 0 saturated heterocycles. The van der Waals surface area contributed by atoms with Gasteiger partial charge in [-0.2, -0.15) is 0 Å². The van der Waals surface area contributed by atoms with Gasteiger partial charge in [0.05, 0.1) is 12.6 Å². The highest BCUT2D eigenvalue weighted by Crippen LogP contribution is 2.16. The van der Waals surface area contributed by atoms with Gasteiger partial charge in [-0.3, -0.25) is 0 Å². The molecule has 0 aliphatic heterocycles. The molecule has 0 atom stereocenters. The minimum atomic E-state index is -0.391. The van der Waals surface area contributed by atoms with E-state index in [9.17, 15) is 4.79 Å². The summed E-state index contributed by atoms with van der Waals surface area (Å²) in [7, 11) is 1.36. The van der Waals surface area contributed by atoms with Crippen molar-refractivity contribution in [2.75, 3.05) is 7.11 Å². The lowest BCUT2D eigenvalue weighted by atomic mass is 10.1. The lowest BCUT2D eigenvalue weighted by Crippen LogP contribution is -2.06. The van der Waals surface area contributed by atoms with Crippen molar-refractivity contribution in [2.24, 2.45) is 0 Å². The standard InChI is InChI=1S/C12H11NO2/c1-8-7-9-5-3-4-6-10(9)13-11(8)12(14)15-2/h3-7H,1-2H3. The molecule has 76 valence electrons. The molecule has 0 N–H and O–H groups in total. The van der Waals surface area contributed by atoms with Crippen LogP contribution < -0.4 is 0 Å². The lowest BCUT2D eigenvalue weighted by molar-refractivity contribution is 0.0593. The van der Waals surface area contributed by atoms with Crippen molar-refractivity contribution in [3.8, 4) is 0 Å². The molecule has 0 radical (unpaired) electrons. The highest BCUT2D eigenvalue weighted by atomic mass is 16.5. The molecule has 0 fully saturated rings. The number of para-hydroxylation sites is 1. The van der Waals surface area contributed by atoms with Crippen LogP contribution in [-0.4, -0.2) is 18.1 Å². The number of pyridine rings is 1. The fourth-order valence-electron chi connectivity index (χ4n) is 1.52. The highest BCUT2D eigenvalue weighted by Gasteiger charge is 2.11. The molecule has 0 aliphatic rings. The van der Waals surface area contributed by atoms with Gasteiger partial charge in [0.2, 0.25) is 0 Å². The fraction of sp³-hybridized carbons (Fsp3) is 0.167. The zero-order valence-corrected chi connectivity index (χ0v) is 8.65. The van der Waals surface area contributed by atoms with Gasteiger partial charge in [0, 0.05) is 5.39 Å². The molecule has 0 bridgehead atoms. The van der Waals surface area contributed by atoms with Crippen molar-refractivity contribution in [1.82, 2.24) is 4.98 Å². The summed E-state index contributed by atoms with van der Waals surface area (Å²) in [4.78, 5) is 15.7. The van der Waals surface area contributed by atoms with E-state index in [4.69, 9.17) is 0 Å². The molecule has 2 aromatic rings. The second-order valence-corrected chi connectivity index (χ2v) is 3.34. The number of hydrogen-bond acceptors (Lipinski definition) is 3. The van der Waals surface area contributed by atoms with Gasteiger partial charge in [0.25, 0.3) is 0 Å². The minimum absolute atomic E-state index is 0.385. The second kappa shape index (κ2) is 3.69. The van der Waals surface area contributed by atoms with E-state index in [-0.39, 0.29) is 0 Å². The maximum Gasteiger partial charge on any atom is 0.356 e. The Morgan fingerprint density at radius 3 is 2.80 bits per heavy atom. The normalized spacial score (nSPS) is 10.3. The largest absolute Gasteiger partial charge is 0.464 e. The summed E-state index contributed by atoms with van der Waals surface area (Å²) in [6, 6.07) is 9.62. The number of carbonyl (C=O) groups is 1. The number of aryl methyl sites for hydroxylation is 1. The summed E-state index contributed by atoms with van der Waals surface area (Å²) < 4.78 is 4.66. The van der Waals surface area contributed by atoms with Crippen molar-refractivity contribution in [3.63, 3.8) is 0 Å². The molecule has 3 heteroatoms. The van der Waals surface area contributed by atoms with Gasteiger partial charge in [-0.1, -0.05) is 18.2 Å². The van der Waals surface area contributed by atoms with Crippen LogP contribution in [-0.2, 0) is 4.74 Å². The predicted molar refractivity (Wildman–Crippen MR) is 57.8 cm³/mol. The first-order valence-corrected chi connectivity index (χ1v) is 4.67. The number of methoxy groups -OCH3 is 1. The molecule has 1 aromatic heterocycles. The smallest absolute Gasteiger partial charge is 0.356 e. The van der Waals surface area contributed by atoms with Gasteiger partial charge < -0.3 is 4.74 Å². The van der Waals surface area contributed by atoms with Gasteiger partial charge in [-0.05, 0) is 24.6 Å². The molecule has 0 amide bonds. The predicted octanol–water partition coefficient (Wildman–Crippen LogP) is 2.33. The maximum absolute atomic E-state index is 11.4. The molecule has 3 nitrogen and oxygen atoms in total. The Hall–Kier alpha value is -1.90. The molecular weight excluding hydrogens is 190 g/mol. The molecular formula is C12H11NO2. The van der Waals surface area contributed by atoms with E-state index in [1.165, 1.54) is 7.11 Å². The molecule has 0 unspecified atom stereocenters. The summed E-state index contributed by atoms with van der Waals surface area (Å²) in [6.45, 7) is 1.85. The summed E-state index contributed by atoms with van der Waals surface area (Å²) in [5.41, 5.74) is 2.03. The molecule has 0 aliphatic carbocycles. The number of ether oxygens (including phenoxy) is 1. The van der Waals surface area contributed by atoms with Crippen LogP contribution in [0.3, 0.4) is 0 Å². The Morgan fingerprint density at radius 1 is 1.33 bits per heavy atom. The molecule has 0 spiro atoms. The average molecular weight is 201 g/mol. The van der Waals surface area contributed by atoms with Crippen molar-refractivity contribution in [3.05, 3.63) is 41.6 Å². The van der Waals surface area contributed by atoms with E-state index in [1.807, 2.05) is 37.3 Å². The number of rotatable bonds is 1. The Kier molecular flexibility index (Phi) is 2.37. The Labute approximate surface area is 87.7 Å². The minimum Gasteiger partial charge on any atom is -0.464 e. The molecule has 15 heavy (non-hydrogen) atoms. The zero-order chi connectivity index (χ0) is 10.8. The number of esters is 1. The van der Waals surface area contributed by atoms with Gasteiger partial charge in [-0.15, -0.1) is 0 Å². The van der Waals surface area contributed by atoms with Crippen LogP contribution >= 0.6 is 0 Å². The van der Waals surface area contributed by atoms with Crippen LogP contribution in [0.15, 0.2) is 30.3 Å². The van der Waals surface area contributed by atoms with E-state index in [2.05, 4.69) is 9.72 Å². The van der Waals surface area contributed by atoms with E-state index in [0.717, 1.165) is 16.5 Å². The van der Waals surface area contributed by atoms with Crippen LogP contribution in [0.25, 0.3) is 10.9 Å². The number of hydrogen-bond donors (Lipinski definition) is 0. The topological polar surface area (TPSA) is 39.2 Å². The zero-order valence-electron chi connectivity index (χ0n) is 8.65. The monoisotopic (exact) mass is 201 g/mol. The summed E-state index contributed by atoms with van der Waals surface area (Å²) in [6.07, 6.45) is 0. The quantitative estimate of drug-likeness (QED) is 0.665. The van der Waals surface area contributed by atoms with Crippen LogP contribution in [0.4, 0.5) is 0 Å². The Balaban J connectivity index is 2.67. The van der Waals surface area contributed by atoms with Gasteiger partial charge in [0.1, 0.15) is 0 Å². The Bertz CT molecular complexity index is 520. The molecule has 1 aromatic carbocycles. The third kappa shape index (κ3) is 1.68. The number of aromatic nitrogens is 1. The van der Waals surface area contributed by atoms with E-state index in [1.54, 1.807) is 0 Å². The molecule has 0 saturated carbocycles. The molecule has 2 rings (SSSR count). The van der Waals surface area contributed by atoms with Gasteiger partial charge in [-0.25, -0.2) is 9.78 Å². The fourth-order valence-corrected chi connectivity index (χ4v) is 1.52. The van der Waals surface area contributed by atoms with Gasteiger partial charge >= 0.3 is 5.97 Å². The maximum atomic E-state index is 11.4.